The van der Waals surface area contributed by atoms with Crippen molar-refractivity contribution in [1.29, 1.82) is 0 Å². The maximum atomic E-state index is 12.0. The largest absolute Gasteiger partial charge is 0.496 e. The molecule has 4 aromatic rings. The quantitative estimate of drug-likeness (QED) is 0.166. The van der Waals surface area contributed by atoms with Gasteiger partial charge in [-0.1, -0.05) is 0 Å². The zero-order valence-electron chi connectivity index (χ0n) is 23.3. The van der Waals surface area contributed by atoms with Gasteiger partial charge in [0.2, 0.25) is 0 Å². The molecule has 10 heteroatoms. The minimum absolute atomic E-state index is 0.108. The van der Waals surface area contributed by atoms with Crippen LogP contribution in [-0.2, 0) is 42.8 Å². The first-order valence-corrected chi connectivity index (χ1v) is 14.7. The Labute approximate surface area is 245 Å². The molecule has 2 N–H and O–H groups in total. The number of rotatable bonds is 14. The van der Waals surface area contributed by atoms with Crippen LogP contribution in [0.4, 0.5) is 0 Å². The Morgan fingerprint density at radius 2 is 1.12 bits per heavy atom. The monoisotopic (exact) mass is 596 g/mol. The Morgan fingerprint density at radius 3 is 1.44 bits per heavy atom. The lowest BCUT2D eigenvalue weighted by Gasteiger charge is -2.20. The number of aliphatic carboxylic acids is 2. The summed E-state index contributed by atoms with van der Waals surface area (Å²) in [6.07, 6.45) is 3.23. The van der Waals surface area contributed by atoms with Crippen molar-refractivity contribution in [3.63, 3.8) is 0 Å². The summed E-state index contributed by atoms with van der Waals surface area (Å²) in [6.45, 7) is 3.13. The molecule has 0 saturated heterocycles. The van der Waals surface area contributed by atoms with Gasteiger partial charge in [0.15, 0.2) is 0 Å². The van der Waals surface area contributed by atoms with Gasteiger partial charge in [-0.15, -0.1) is 22.7 Å². The maximum absolute atomic E-state index is 12.0. The van der Waals surface area contributed by atoms with Crippen molar-refractivity contribution in [2.45, 2.75) is 56.8 Å². The van der Waals surface area contributed by atoms with E-state index in [1.807, 2.05) is 36.4 Å². The molecule has 41 heavy (non-hydrogen) atoms. The molecule has 4 rings (SSSR count). The maximum Gasteiger partial charge on any atom is 0.315 e. The molecule has 2 aromatic carbocycles. The number of methoxy groups -OCH3 is 2. The van der Waals surface area contributed by atoms with Crippen LogP contribution in [-0.4, -0.2) is 48.9 Å². The molecule has 0 aliphatic heterocycles. The standard InChI is InChI=1S/C31H32O8S2/c1-30(8-10-32,28(34)35)26-14-20-12-18(22(38-3)16-24(20)40-26)6-5-7-19-13-21-15-27(31(2,9-11-33)29(36)37)41-25(21)17-23(19)39-4/h10-17H,5-9H2,1-4H3,(H,34,35)(H,36,37). The van der Waals surface area contributed by atoms with Gasteiger partial charge in [-0.25, -0.2) is 0 Å². The number of carboxylic acids is 2. The lowest BCUT2D eigenvalue weighted by molar-refractivity contribution is -0.144. The highest BCUT2D eigenvalue weighted by Crippen LogP contribution is 2.41. The van der Waals surface area contributed by atoms with Gasteiger partial charge in [-0.2, -0.15) is 0 Å². The van der Waals surface area contributed by atoms with Crippen LogP contribution in [0.5, 0.6) is 11.5 Å². The van der Waals surface area contributed by atoms with E-state index in [0.717, 1.165) is 37.7 Å². The first-order chi connectivity index (χ1) is 19.5. The SMILES string of the molecule is COc1cc2sc(C(C)(CC=O)C(=O)O)cc2cc1CCCc1cc2cc(C(C)(CC=O)C(=O)O)sc2cc1OC. The van der Waals surface area contributed by atoms with E-state index in [4.69, 9.17) is 9.47 Å². The van der Waals surface area contributed by atoms with E-state index in [-0.39, 0.29) is 12.8 Å². The summed E-state index contributed by atoms with van der Waals surface area (Å²) in [5.74, 6) is -0.649. The second kappa shape index (κ2) is 12.0. The molecule has 2 aromatic heterocycles. The summed E-state index contributed by atoms with van der Waals surface area (Å²) < 4.78 is 13.1. The molecule has 0 aliphatic carbocycles. The van der Waals surface area contributed by atoms with Crippen LogP contribution in [0.2, 0.25) is 0 Å². The van der Waals surface area contributed by atoms with Gasteiger partial charge in [0.1, 0.15) is 34.9 Å². The van der Waals surface area contributed by atoms with E-state index < -0.39 is 22.8 Å². The molecule has 0 bridgehead atoms. The molecule has 2 atom stereocenters. The van der Waals surface area contributed by atoms with Crippen molar-refractivity contribution in [3.8, 4) is 11.5 Å². The number of carbonyl (C=O) groups is 4. The molecular weight excluding hydrogens is 564 g/mol. The number of carboxylic acid groups (broad SMARTS) is 2. The zero-order chi connectivity index (χ0) is 29.9. The lowest BCUT2D eigenvalue weighted by atomic mass is 9.85. The second-order valence-electron chi connectivity index (χ2n) is 10.5. The molecule has 216 valence electrons. The second-order valence-corrected chi connectivity index (χ2v) is 12.7. The van der Waals surface area contributed by atoms with Crippen LogP contribution in [0, 0.1) is 0 Å². The third kappa shape index (κ3) is 5.71. The van der Waals surface area contributed by atoms with Crippen molar-refractivity contribution in [2.24, 2.45) is 0 Å². The number of carbonyl (C=O) groups excluding carboxylic acids is 2. The average Bonchev–Trinajstić information content (AvgIpc) is 3.56. The number of fused-ring (bicyclic) bond motifs is 2. The minimum Gasteiger partial charge on any atom is -0.496 e. The minimum atomic E-state index is -1.29. The number of aryl methyl sites for hydroxylation is 2. The fourth-order valence-corrected chi connectivity index (χ4v) is 7.38. The summed E-state index contributed by atoms with van der Waals surface area (Å²) in [7, 11) is 3.21. The first-order valence-electron chi connectivity index (χ1n) is 13.1. The highest BCUT2D eigenvalue weighted by atomic mass is 32.1. The molecule has 0 radical (unpaired) electrons. The Balaban J connectivity index is 1.60. The normalized spacial score (nSPS) is 14.3. The van der Waals surface area contributed by atoms with E-state index in [1.54, 1.807) is 28.1 Å². The topological polar surface area (TPSA) is 127 Å². The first kappa shape index (κ1) is 30.2. The van der Waals surface area contributed by atoms with E-state index in [2.05, 4.69) is 0 Å². The number of ether oxygens (including phenoxy) is 2. The van der Waals surface area contributed by atoms with Gasteiger partial charge in [0, 0.05) is 32.0 Å². The molecule has 0 aliphatic rings. The number of benzene rings is 2. The van der Waals surface area contributed by atoms with Crippen molar-refractivity contribution < 1.29 is 38.9 Å². The van der Waals surface area contributed by atoms with Gasteiger partial charge < -0.3 is 29.3 Å². The molecule has 2 heterocycles. The van der Waals surface area contributed by atoms with Crippen molar-refractivity contribution in [1.82, 2.24) is 0 Å². The smallest absolute Gasteiger partial charge is 0.315 e. The predicted molar refractivity (Wildman–Crippen MR) is 160 cm³/mol. The van der Waals surface area contributed by atoms with Crippen LogP contribution < -0.4 is 9.47 Å². The number of thiophene rings is 2. The van der Waals surface area contributed by atoms with Crippen LogP contribution in [0.1, 0.15) is 54.0 Å². The van der Waals surface area contributed by atoms with E-state index in [9.17, 15) is 29.4 Å². The van der Waals surface area contributed by atoms with Gasteiger partial charge in [0.25, 0.3) is 0 Å². The predicted octanol–water partition coefficient (Wildman–Crippen LogP) is 6.17. The molecule has 8 nitrogen and oxygen atoms in total. The highest BCUT2D eigenvalue weighted by Gasteiger charge is 2.37. The van der Waals surface area contributed by atoms with Crippen LogP contribution in [0.25, 0.3) is 20.2 Å². The van der Waals surface area contributed by atoms with Gasteiger partial charge in [-0.05, 0) is 91.4 Å². The molecule has 2 unspecified atom stereocenters. The summed E-state index contributed by atoms with van der Waals surface area (Å²) in [6, 6.07) is 11.6. The Hall–Kier alpha value is -3.76. The Morgan fingerprint density at radius 1 is 0.732 bits per heavy atom. The highest BCUT2D eigenvalue weighted by molar-refractivity contribution is 7.19. The van der Waals surface area contributed by atoms with Crippen molar-refractivity contribution in [2.75, 3.05) is 14.2 Å². The zero-order valence-corrected chi connectivity index (χ0v) is 24.9. The molecule has 0 amide bonds. The number of hydrogen-bond donors (Lipinski definition) is 2. The average molecular weight is 597 g/mol. The summed E-state index contributed by atoms with van der Waals surface area (Å²) in [5, 5.41) is 21.4. The van der Waals surface area contributed by atoms with Gasteiger partial charge >= 0.3 is 11.9 Å². The van der Waals surface area contributed by atoms with Gasteiger partial charge in [-0.3, -0.25) is 9.59 Å². The summed E-state index contributed by atoms with van der Waals surface area (Å²) in [5.41, 5.74) is -0.600. The van der Waals surface area contributed by atoms with Gasteiger partial charge in [0.05, 0.1) is 14.2 Å². The number of hydrogen-bond acceptors (Lipinski definition) is 8. The summed E-state index contributed by atoms with van der Waals surface area (Å²) >= 11 is 2.71. The fourth-order valence-electron chi connectivity index (χ4n) is 4.93. The lowest BCUT2D eigenvalue weighted by Crippen LogP contribution is -2.31. The van der Waals surface area contributed by atoms with E-state index in [0.29, 0.717) is 46.7 Å². The Bertz CT molecular complexity index is 1510. The molecule has 0 saturated carbocycles. The third-order valence-electron chi connectivity index (χ3n) is 7.75. The van der Waals surface area contributed by atoms with E-state index in [1.165, 1.54) is 22.7 Å². The molecule has 0 spiro atoms. The third-order valence-corrected chi connectivity index (χ3v) is 10.5. The molecule has 0 fully saturated rings. The van der Waals surface area contributed by atoms with E-state index >= 15 is 0 Å². The molecular formula is C31H32O8S2. The van der Waals surface area contributed by atoms with Crippen LogP contribution >= 0.6 is 22.7 Å². The summed E-state index contributed by atoms with van der Waals surface area (Å²) in [4.78, 5) is 47.6. The van der Waals surface area contributed by atoms with Crippen molar-refractivity contribution >= 4 is 67.4 Å². The van der Waals surface area contributed by atoms with Crippen LogP contribution in [0.15, 0.2) is 36.4 Å². The fraction of sp³-hybridized carbons (Fsp3) is 0.355. The Kier molecular flexibility index (Phi) is 8.84. The van der Waals surface area contributed by atoms with Crippen molar-refractivity contribution in [3.05, 3.63) is 57.3 Å². The number of aldehydes is 2. The van der Waals surface area contributed by atoms with Crippen LogP contribution in [0.3, 0.4) is 0 Å².